The Morgan fingerprint density at radius 2 is 1.74 bits per heavy atom. The molecule has 1 heterocycles. The van der Waals surface area contributed by atoms with Crippen molar-refractivity contribution in [1.29, 1.82) is 0 Å². The number of hydrogen-bond donors (Lipinski definition) is 3. The largest absolute Gasteiger partial charge is 0.347 e. The van der Waals surface area contributed by atoms with Crippen LogP contribution < -0.4 is 16.0 Å². The molecule has 0 atom stereocenters. The summed E-state index contributed by atoms with van der Waals surface area (Å²) in [5.74, 6) is -0.239. The summed E-state index contributed by atoms with van der Waals surface area (Å²) < 4.78 is 0. The van der Waals surface area contributed by atoms with Crippen LogP contribution >= 0.6 is 22.9 Å². The molecule has 0 radical (unpaired) electrons. The lowest BCUT2D eigenvalue weighted by atomic mass is 10.2. The van der Waals surface area contributed by atoms with Crippen LogP contribution in [0.1, 0.15) is 20.9 Å². The van der Waals surface area contributed by atoms with Crippen molar-refractivity contribution < 1.29 is 9.59 Å². The number of carbonyl (C=O) groups is 2. The van der Waals surface area contributed by atoms with Gasteiger partial charge in [0.25, 0.3) is 5.91 Å². The van der Waals surface area contributed by atoms with Crippen molar-refractivity contribution in [2.24, 2.45) is 0 Å². The fourth-order valence-electron chi connectivity index (χ4n) is 2.31. The maximum atomic E-state index is 12.4. The van der Waals surface area contributed by atoms with Crippen LogP contribution in [0.3, 0.4) is 0 Å². The number of halogens is 1. The van der Waals surface area contributed by atoms with Crippen LogP contribution in [-0.4, -0.2) is 16.9 Å². The molecule has 3 N–H and O–H groups in total. The van der Waals surface area contributed by atoms with Gasteiger partial charge in [0.05, 0.1) is 5.69 Å². The van der Waals surface area contributed by atoms with E-state index in [1.54, 1.807) is 31.2 Å². The van der Waals surface area contributed by atoms with Crippen molar-refractivity contribution >= 4 is 45.7 Å². The van der Waals surface area contributed by atoms with Crippen molar-refractivity contribution in [1.82, 2.24) is 10.3 Å². The van der Waals surface area contributed by atoms with Crippen LogP contribution in [0.5, 0.6) is 0 Å². The third-order valence-electron chi connectivity index (χ3n) is 3.62. The molecule has 8 heteroatoms. The first-order valence-corrected chi connectivity index (χ1v) is 9.34. The first-order valence-electron chi connectivity index (χ1n) is 8.14. The Morgan fingerprint density at radius 1 is 1.04 bits per heavy atom. The number of thiazole rings is 1. The zero-order valence-corrected chi connectivity index (χ0v) is 16.0. The maximum absolute atomic E-state index is 12.4. The van der Waals surface area contributed by atoms with E-state index in [-0.39, 0.29) is 5.91 Å². The van der Waals surface area contributed by atoms with Crippen molar-refractivity contribution in [2.45, 2.75) is 13.5 Å². The van der Waals surface area contributed by atoms with Gasteiger partial charge in [-0.1, -0.05) is 53.3 Å². The van der Waals surface area contributed by atoms with E-state index < -0.39 is 6.03 Å². The molecule has 2 aromatic carbocycles. The summed E-state index contributed by atoms with van der Waals surface area (Å²) in [6.07, 6.45) is 0. The van der Waals surface area contributed by atoms with E-state index in [2.05, 4.69) is 20.9 Å². The highest BCUT2D eigenvalue weighted by atomic mass is 35.5. The van der Waals surface area contributed by atoms with E-state index in [0.717, 1.165) is 16.9 Å². The summed E-state index contributed by atoms with van der Waals surface area (Å²) >= 11 is 6.98. The van der Waals surface area contributed by atoms with Crippen LogP contribution in [0, 0.1) is 6.92 Å². The van der Waals surface area contributed by atoms with E-state index in [1.165, 1.54) is 0 Å². The molecule has 6 nitrogen and oxygen atoms in total. The van der Waals surface area contributed by atoms with Gasteiger partial charge >= 0.3 is 6.03 Å². The molecule has 3 amide bonds. The van der Waals surface area contributed by atoms with Gasteiger partial charge in [0, 0.05) is 17.3 Å². The molecule has 3 rings (SSSR count). The molecule has 0 unspecified atom stereocenters. The van der Waals surface area contributed by atoms with Crippen LogP contribution in [0.25, 0.3) is 0 Å². The Balaban J connectivity index is 1.59. The number of urea groups is 1. The Morgan fingerprint density at radius 3 is 2.44 bits per heavy atom. The molecule has 1 aromatic heterocycles. The third kappa shape index (κ3) is 5.29. The minimum Gasteiger partial charge on any atom is -0.347 e. The minimum absolute atomic E-state index is 0.239. The maximum Gasteiger partial charge on any atom is 0.325 e. The molecular formula is C19H17ClN4O2S. The van der Waals surface area contributed by atoms with Gasteiger partial charge in [-0.3, -0.25) is 10.1 Å². The second-order valence-corrected chi connectivity index (χ2v) is 7.12. The first kappa shape index (κ1) is 18.9. The highest BCUT2D eigenvalue weighted by Gasteiger charge is 2.16. The van der Waals surface area contributed by atoms with Crippen molar-refractivity contribution in [3.8, 4) is 0 Å². The van der Waals surface area contributed by atoms with Crippen molar-refractivity contribution in [3.05, 3.63) is 75.8 Å². The number of anilines is 2. The van der Waals surface area contributed by atoms with Crippen LogP contribution in [0.2, 0.25) is 5.02 Å². The van der Waals surface area contributed by atoms with Crippen molar-refractivity contribution in [3.63, 3.8) is 0 Å². The number of nitrogens with one attached hydrogen (secondary N) is 3. The van der Waals surface area contributed by atoms with E-state index >= 15 is 0 Å². The van der Waals surface area contributed by atoms with Gasteiger partial charge in [0.1, 0.15) is 4.88 Å². The quantitative estimate of drug-likeness (QED) is 0.581. The topological polar surface area (TPSA) is 83.1 Å². The summed E-state index contributed by atoms with van der Waals surface area (Å²) in [7, 11) is 0. The predicted octanol–water partition coefficient (Wildman–Crippen LogP) is 4.68. The van der Waals surface area contributed by atoms with Crippen molar-refractivity contribution in [2.75, 3.05) is 10.6 Å². The fraction of sp³-hybridized carbons (Fsp3) is 0.105. The van der Waals surface area contributed by atoms with Crippen LogP contribution in [0.15, 0.2) is 54.6 Å². The number of carbonyl (C=O) groups excluding carboxylic acids is 2. The average Bonchev–Trinajstić information content (AvgIpc) is 3.02. The zero-order chi connectivity index (χ0) is 19.2. The molecule has 0 fully saturated rings. The van der Waals surface area contributed by atoms with Gasteiger partial charge in [-0.2, -0.15) is 0 Å². The summed E-state index contributed by atoms with van der Waals surface area (Å²) in [6.45, 7) is 2.11. The van der Waals surface area contributed by atoms with Gasteiger partial charge < -0.3 is 10.6 Å². The number of para-hydroxylation sites is 1. The summed E-state index contributed by atoms with van der Waals surface area (Å²) in [6, 6.07) is 15.9. The number of benzene rings is 2. The monoisotopic (exact) mass is 400 g/mol. The highest BCUT2D eigenvalue weighted by molar-refractivity contribution is 7.17. The number of amides is 3. The van der Waals surface area contributed by atoms with Gasteiger partial charge in [-0.25, -0.2) is 9.78 Å². The van der Waals surface area contributed by atoms with Gasteiger partial charge in [0.2, 0.25) is 0 Å². The molecule has 3 aromatic rings. The lowest BCUT2D eigenvalue weighted by Gasteiger charge is -2.05. The Hall–Kier alpha value is -2.90. The smallest absolute Gasteiger partial charge is 0.325 e. The van der Waals surface area contributed by atoms with E-state index in [0.29, 0.717) is 33.0 Å². The Bertz CT molecular complexity index is 942. The van der Waals surface area contributed by atoms with Gasteiger partial charge in [-0.05, 0) is 36.8 Å². The molecule has 27 heavy (non-hydrogen) atoms. The number of nitrogens with zero attached hydrogens (tertiary/aromatic N) is 1. The molecule has 0 spiro atoms. The molecule has 0 aliphatic carbocycles. The highest BCUT2D eigenvalue weighted by Crippen LogP contribution is 2.23. The lowest BCUT2D eigenvalue weighted by molar-refractivity contribution is 0.0954. The standard InChI is InChI=1S/C19H17ClN4O2S/c1-12-16(17(25)21-11-13-7-9-14(20)10-8-13)27-19(22-12)24-18(26)23-15-5-3-2-4-6-15/h2-10H,11H2,1H3,(H,21,25)(H2,22,23,24,26). The first-order chi connectivity index (χ1) is 13.0. The molecule has 0 aliphatic rings. The summed E-state index contributed by atoms with van der Waals surface area (Å²) in [5, 5.41) is 9.20. The Labute approximate surface area is 165 Å². The number of hydrogen-bond acceptors (Lipinski definition) is 4. The number of rotatable bonds is 5. The van der Waals surface area contributed by atoms with Crippen LogP contribution in [-0.2, 0) is 6.54 Å². The Kier molecular flexibility index (Phi) is 6.05. The second kappa shape index (κ2) is 8.66. The SMILES string of the molecule is Cc1nc(NC(=O)Nc2ccccc2)sc1C(=O)NCc1ccc(Cl)cc1. The number of aromatic nitrogens is 1. The van der Waals surface area contributed by atoms with E-state index in [9.17, 15) is 9.59 Å². The fourth-order valence-corrected chi connectivity index (χ4v) is 3.31. The molecule has 0 saturated heterocycles. The predicted molar refractivity (Wildman–Crippen MR) is 109 cm³/mol. The molecule has 138 valence electrons. The molecular weight excluding hydrogens is 384 g/mol. The van der Waals surface area contributed by atoms with E-state index in [1.807, 2.05) is 30.3 Å². The molecule has 0 bridgehead atoms. The lowest BCUT2D eigenvalue weighted by Crippen LogP contribution is -2.22. The summed E-state index contributed by atoms with van der Waals surface area (Å²) in [4.78, 5) is 29.1. The van der Waals surface area contributed by atoms with Gasteiger partial charge in [0.15, 0.2) is 5.13 Å². The zero-order valence-electron chi connectivity index (χ0n) is 14.5. The molecule has 0 saturated carbocycles. The summed E-state index contributed by atoms with van der Waals surface area (Å²) in [5.41, 5.74) is 2.17. The number of aryl methyl sites for hydroxylation is 1. The second-order valence-electron chi connectivity index (χ2n) is 5.69. The van der Waals surface area contributed by atoms with Crippen LogP contribution in [0.4, 0.5) is 15.6 Å². The van der Waals surface area contributed by atoms with Gasteiger partial charge in [-0.15, -0.1) is 0 Å². The third-order valence-corrected chi connectivity index (χ3v) is 4.94. The average molecular weight is 401 g/mol. The van der Waals surface area contributed by atoms with E-state index in [4.69, 9.17) is 11.6 Å². The molecule has 0 aliphatic heterocycles. The minimum atomic E-state index is -0.414. The normalized spacial score (nSPS) is 10.3.